The third kappa shape index (κ3) is 5.18. The topological polar surface area (TPSA) is 44.1 Å². The summed E-state index contributed by atoms with van der Waals surface area (Å²) in [6.45, 7) is 8.78. The number of carbonyl (C=O) groups excluding carboxylic acids is 1. The second-order valence-corrected chi connectivity index (χ2v) is 7.69. The summed E-state index contributed by atoms with van der Waals surface area (Å²) in [5.41, 5.74) is 7.06. The molecule has 158 valence electrons. The first-order chi connectivity index (χ1) is 14.5. The Morgan fingerprint density at radius 1 is 1.00 bits per heavy atom. The molecule has 0 N–H and O–H groups in total. The molecule has 2 aromatic carbocycles. The van der Waals surface area contributed by atoms with Crippen LogP contribution in [-0.2, 0) is 16.0 Å². The molecule has 1 heterocycles. The summed E-state index contributed by atoms with van der Waals surface area (Å²) in [7, 11) is 0. The van der Waals surface area contributed by atoms with E-state index in [4.69, 9.17) is 4.74 Å². The van der Waals surface area contributed by atoms with Gasteiger partial charge in [0.2, 0.25) is 0 Å². The third-order valence-corrected chi connectivity index (χ3v) is 5.63. The van der Waals surface area contributed by atoms with E-state index in [-0.39, 0.29) is 5.97 Å². The van der Waals surface area contributed by atoms with Gasteiger partial charge in [-0.3, -0.25) is 4.79 Å². The van der Waals surface area contributed by atoms with Gasteiger partial charge in [-0.25, -0.2) is 4.68 Å². The van der Waals surface area contributed by atoms with Crippen LogP contribution in [-0.4, -0.2) is 22.4 Å². The van der Waals surface area contributed by atoms with Crippen LogP contribution in [0, 0.1) is 6.92 Å². The minimum atomic E-state index is -0.138. The van der Waals surface area contributed by atoms with Gasteiger partial charge in [0.25, 0.3) is 0 Å². The van der Waals surface area contributed by atoms with Crippen molar-refractivity contribution in [1.29, 1.82) is 0 Å². The summed E-state index contributed by atoms with van der Waals surface area (Å²) in [4.78, 5) is 11.6. The number of carbonyl (C=O) groups is 1. The molecular formula is C26H32N2O2. The maximum Gasteiger partial charge on any atom is 0.306 e. The number of nitrogens with zero attached hydrogens (tertiary/aromatic N) is 2. The van der Waals surface area contributed by atoms with Gasteiger partial charge in [-0.15, -0.1) is 0 Å². The fourth-order valence-electron chi connectivity index (χ4n) is 3.89. The Morgan fingerprint density at radius 3 is 2.30 bits per heavy atom. The van der Waals surface area contributed by atoms with Crippen molar-refractivity contribution in [1.82, 2.24) is 9.78 Å². The molecule has 0 fully saturated rings. The molecule has 0 saturated carbocycles. The molecule has 3 aromatic rings. The summed E-state index contributed by atoms with van der Waals surface area (Å²) in [6.07, 6.45) is 5.36. The first-order valence-electron chi connectivity index (χ1n) is 11.0. The zero-order valence-electron chi connectivity index (χ0n) is 18.5. The van der Waals surface area contributed by atoms with Crippen LogP contribution in [0.1, 0.15) is 62.8 Å². The average Bonchev–Trinajstić information content (AvgIpc) is 3.20. The molecule has 4 heteroatoms. The van der Waals surface area contributed by atoms with E-state index in [0.29, 0.717) is 25.4 Å². The lowest BCUT2D eigenvalue weighted by atomic mass is 9.89. The summed E-state index contributed by atoms with van der Waals surface area (Å²) in [5.74, 6) is 0.356. The molecule has 4 nitrogen and oxygen atoms in total. The molecule has 0 saturated heterocycles. The quantitative estimate of drug-likeness (QED) is 0.396. The molecule has 0 aliphatic rings. The Kier molecular flexibility index (Phi) is 7.45. The molecular weight excluding hydrogens is 372 g/mol. The highest BCUT2D eigenvalue weighted by Gasteiger charge is 2.15. The Bertz CT molecular complexity index is 969. The fourth-order valence-corrected chi connectivity index (χ4v) is 3.89. The van der Waals surface area contributed by atoms with Crippen molar-refractivity contribution in [3.63, 3.8) is 0 Å². The number of rotatable bonds is 9. The van der Waals surface area contributed by atoms with Crippen molar-refractivity contribution in [2.75, 3.05) is 6.61 Å². The van der Waals surface area contributed by atoms with Crippen LogP contribution in [0.5, 0.6) is 0 Å². The van der Waals surface area contributed by atoms with Crippen LogP contribution in [0.4, 0.5) is 0 Å². The minimum absolute atomic E-state index is 0.138. The molecule has 0 aliphatic heterocycles. The summed E-state index contributed by atoms with van der Waals surface area (Å²) < 4.78 is 7.01. The number of hydrogen-bond acceptors (Lipinski definition) is 3. The Labute approximate surface area is 179 Å². The lowest BCUT2D eigenvalue weighted by Crippen LogP contribution is -2.06. The summed E-state index contributed by atoms with van der Waals surface area (Å²) >= 11 is 0. The Balaban J connectivity index is 1.87. The van der Waals surface area contributed by atoms with E-state index >= 15 is 0 Å². The minimum Gasteiger partial charge on any atom is -0.466 e. The van der Waals surface area contributed by atoms with E-state index in [9.17, 15) is 4.79 Å². The highest BCUT2D eigenvalue weighted by Crippen LogP contribution is 2.33. The molecule has 0 aliphatic carbocycles. The van der Waals surface area contributed by atoms with Crippen molar-refractivity contribution >= 4 is 5.97 Å². The van der Waals surface area contributed by atoms with Crippen molar-refractivity contribution in [3.8, 4) is 16.8 Å². The second kappa shape index (κ2) is 10.2. The van der Waals surface area contributed by atoms with E-state index in [2.05, 4.69) is 61.4 Å². The lowest BCUT2D eigenvalue weighted by molar-refractivity contribution is -0.143. The zero-order chi connectivity index (χ0) is 21.5. The van der Waals surface area contributed by atoms with E-state index in [1.54, 1.807) is 0 Å². The molecule has 0 amide bonds. The molecule has 3 rings (SSSR count). The van der Waals surface area contributed by atoms with E-state index in [1.807, 2.05) is 30.8 Å². The predicted molar refractivity (Wildman–Crippen MR) is 122 cm³/mol. The van der Waals surface area contributed by atoms with Crippen molar-refractivity contribution < 1.29 is 9.53 Å². The first-order valence-corrected chi connectivity index (χ1v) is 11.0. The molecule has 0 unspecified atom stereocenters. The second-order valence-electron chi connectivity index (χ2n) is 7.69. The highest BCUT2D eigenvalue weighted by molar-refractivity contribution is 5.70. The van der Waals surface area contributed by atoms with Crippen LogP contribution in [0.15, 0.2) is 54.7 Å². The highest BCUT2D eigenvalue weighted by atomic mass is 16.5. The smallest absolute Gasteiger partial charge is 0.306 e. The number of aryl methyl sites for hydroxylation is 2. The van der Waals surface area contributed by atoms with Crippen LogP contribution >= 0.6 is 0 Å². The first kappa shape index (κ1) is 21.8. The van der Waals surface area contributed by atoms with E-state index in [1.165, 1.54) is 16.7 Å². The maximum absolute atomic E-state index is 11.6. The monoisotopic (exact) mass is 404 g/mol. The van der Waals surface area contributed by atoms with Gasteiger partial charge in [-0.1, -0.05) is 44.2 Å². The standard InChI is InChI=1S/C26H32N2O2/c1-5-21(6-2)24-18-23(13-14-25(24)28-17-16-19(4)27-28)22-11-8-20(9-12-22)10-15-26(29)30-7-3/h8-9,11-14,16-18,21H,5-7,10,15H2,1-4H3. The summed E-state index contributed by atoms with van der Waals surface area (Å²) in [6, 6.07) is 17.2. The Hall–Kier alpha value is -2.88. The average molecular weight is 405 g/mol. The SMILES string of the molecule is CCOC(=O)CCc1ccc(-c2ccc(-n3ccc(C)n3)c(C(CC)CC)c2)cc1. The van der Waals surface area contributed by atoms with Crippen LogP contribution in [0.25, 0.3) is 16.8 Å². The maximum atomic E-state index is 11.6. The van der Waals surface area contributed by atoms with Gasteiger partial charge >= 0.3 is 5.97 Å². The lowest BCUT2D eigenvalue weighted by Gasteiger charge is -2.19. The normalized spacial score (nSPS) is 11.1. The molecule has 0 atom stereocenters. The zero-order valence-corrected chi connectivity index (χ0v) is 18.5. The molecule has 30 heavy (non-hydrogen) atoms. The van der Waals surface area contributed by atoms with Crippen molar-refractivity contribution in [3.05, 3.63) is 71.5 Å². The summed E-state index contributed by atoms with van der Waals surface area (Å²) in [5, 5.41) is 4.63. The van der Waals surface area contributed by atoms with E-state index < -0.39 is 0 Å². The van der Waals surface area contributed by atoms with Crippen LogP contribution < -0.4 is 0 Å². The molecule has 0 radical (unpaired) electrons. The fraction of sp³-hybridized carbons (Fsp3) is 0.385. The van der Waals surface area contributed by atoms with Gasteiger partial charge in [0.15, 0.2) is 0 Å². The van der Waals surface area contributed by atoms with Gasteiger partial charge in [0, 0.05) is 12.6 Å². The molecule has 0 spiro atoms. The predicted octanol–water partition coefficient (Wildman–Crippen LogP) is 6.25. The van der Waals surface area contributed by atoms with Crippen molar-refractivity contribution in [2.45, 2.75) is 59.3 Å². The third-order valence-electron chi connectivity index (χ3n) is 5.63. The van der Waals surface area contributed by atoms with Gasteiger partial charge in [-0.2, -0.15) is 5.10 Å². The van der Waals surface area contributed by atoms with Crippen molar-refractivity contribution in [2.24, 2.45) is 0 Å². The van der Waals surface area contributed by atoms with Gasteiger partial charge in [-0.05, 0) is 79.5 Å². The van der Waals surface area contributed by atoms with E-state index in [0.717, 1.165) is 29.8 Å². The largest absolute Gasteiger partial charge is 0.466 e. The number of hydrogen-bond donors (Lipinski definition) is 0. The Morgan fingerprint density at radius 2 is 1.70 bits per heavy atom. The number of esters is 1. The van der Waals surface area contributed by atoms with Crippen LogP contribution in [0.3, 0.4) is 0 Å². The van der Waals surface area contributed by atoms with Gasteiger partial charge < -0.3 is 4.74 Å². The number of ether oxygens (including phenoxy) is 1. The van der Waals surface area contributed by atoms with Gasteiger partial charge in [0.05, 0.1) is 18.0 Å². The number of benzene rings is 2. The molecule has 1 aromatic heterocycles. The molecule has 0 bridgehead atoms. The number of aromatic nitrogens is 2. The van der Waals surface area contributed by atoms with Gasteiger partial charge in [0.1, 0.15) is 0 Å². The van der Waals surface area contributed by atoms with Crippen LogP contribution in [0.2, 0.25) is 0 Å².